The fourth-order valence-corrected chi connectivity index (χ4v) is 4.65. The lowest BCUT2D eigenvalue weighted by molar-refractivity contribution is -0.142. The van der Waals surface area contributed by atoms with Crippen molar-refractivity contribution in [3.8, 4) is 5.75 Å². The lowest BCUT2D eigenvalue weighted by atomic mass is 9.84. The lowest BCUT2D eigenvalue weighted by Gasteiger charge is -2.37. The molecule has 1 saturated heterocycles. The Balaban J connectivity index is 1.26. The molecule has 0 bridgehead atoms. The third-order valence-electron chi connectivity index (χ3n) is 6.33. The maximum Gasteiger partial charge on any atom is 0.257 e. The second-order valence-electron chi connectivity index (χ2n) is 8.69. The van der Waals surface area contributed by atoms with Crippen LogP contribution in [0.15, 0.2) is 67.3 Å². The van der Waals surface area contributed by atoms with Gasteiger partial charge in [-0.3, -0.25) is 19.6 Å². The Kier molecular flexibility index (Phi) is 6.69. The molecular weight excluding hydrogens is 448 g/mol. The van der Waals surface area contributed by atoms with Crippen molar-refractivity contribution in [3.63, 3.8) is 0 Å². The van der Waals surface area contributed by atoms with Gasteiger partial charge in [-0.25, -0.2) is 0 Å². The number of carbonyl (C=O) groups is 2. The first kappa shape index (κ1) is 22.9. The van der Waals surface area contributed by atoms with Gasteiger partial charge < -0.3 is 25.2 Å². The van der Waals surface area contributed by atoms with E-state index in [-0.39, 0.29) is 43.0 Å². The highest BCUT2D eigenvalue weighted by Crippen LogP contribution is 2.47. The van der Waals surface area contributed by atoms with Crippen LogP contribution < -0.4 is 15.4 Å². The molecule has 1 aromatic carbocycles. The number of pyridine rings is 2. The molecular formula is C26H26N4O5. The van der Waals surface area contributed by atoms with Gasteiger partial charge in [0, 0.05) is 48.5 Å². The van der Waals surface area contributed by atoms with Crippen molar-refractivity contribution in [2.45, 2.75) is 43.6 Å². The molecule has 0 radical (unpaired) electrons. The van der Waals surface area contributed by atoms with Crippen molar-refractivity contribution in [1.82, 2.24) is 15.3 Å². The van der Waals surface area contributed by atoms with Crippen molar-refractivity contribution in [1.29, 1.82) is 0 Å². The number of rotatable bonds is 7. The summed E-state index contributed by atoms with van der Waals surface area (Å²) in [4.78, 5) is 33.1. The molecule has 2 aromatic heterocycles. The van der Waals surface area contributed by atoms with Gasteiger partial charge in [-0.1, -0.05) is 0 Å². The molecule has 0 aliphatic carbocycles. The van der Waals surface area contributed by atoms with E-state index in [4.69, 9.17) is 9.47 Å². The first-order chi connectivity index (χ1) is 17.1. The van der Waals surface area contributed by atoms with Gasteiger partial charge in [-0.15, -0.1) is 0 Å². The van der Waals surface area contributed by atoms with Crippen LogP contribution in [0.2, 0.25) is 0 Å². The molecule has 4 atom stereocenters. The average Bonchev–Trinajstić information content (AvgIpc) is 3.26. The van der Waals surface area contributed by atoms with Crippen molar-refractivity contribution in [2.75, 3.05) is 11.9 Å². The first-order valence-electron chi connectivity index (χ1n) is 11.5. The number of fused-ring (bicyclic) bond motifs is 3. The quantitative estimate of drug-likeness (QED) is 0.481. The summed E-state index contributed by atoms with van der Waals surface area (Å²) in [5, 5.41) is 15.8. The van der Waals surface area contributed by atoms with Crippen LogP contribution in [0, 0.1) is 0 Å². The van der Waals surface area contributed by atoms with Crippen LogP contribution in [-0.4, -0.2) is 51.8 Å². The minimum absolute atomic E-state index is 0.0656. The van der Waals surface area contributed by atoms with Gasteiger partial charge >= 0.3 is 0 Å². The van der Waals surface area contributed by atoms with Gasteiger partial charge in [-0.2, -0.15) is 0 Å². The van der Waals surface area contributed by atoms with Crippen LogP contribution in [0.5, 0.6) is 5.75 Å². The lowest BCUT2D eigenvalue weighted by Crippen LogP contribution is -2.47. The van der Waals surface area contributed by atoms with Gasteiger partial charge in [0.2, 0.25) is 5.91 Å². The molecule has 2 amide bonds. The summed E-state index contributed by atoms with van der Waals surface area (Å²) in [5.41, 5.74) is 3.00. The van der Waals surface area contributed by atoms with Gasteiger partial charge in [-0.05, 0) is 54.4 Å². The molecule has 3 aromatic rings. The van der Waals surface area contributed by atoms with E-state index in [1.54, 1.807) is 36.8 Å². The molecule has 9 heteroatoms. The van der Waals surface area contributed by atoms with Gasteiger partial charge in [0.1, 0.15) is 18.0 Å². The Morgan fingerprint density at radius 3 is 2.71 bits per heavy atom. The number of benzene rings is 1. The third kappa shape index (κ3) is 5.16. The second-order valence-corrected chi connectivity index (χ2v) is 8.69. The molecule has 35 heavy (non-hydrogen) atoms. The number of aliphatic hydroxyl groups is 1. The monoisotopic (exact) mass is 474 g/mol. The predicted octanol–water partition coefficient (Wildman–Crippen LogP) is 2.43. The van der Waals surface area contributed by atoms with E-state index >= 15 is 0 Å². The van der Waals surface area contributed by atoms with Crippen LogP contribution in [0.1, 0.15) is 40.2 Å². The fourth-order valence-electron chi connectivity index (χ4n) is 4.65. The number of nitrogens with one attached hydrogen (secondary N) is 2. The Hall–Kier alpha value is -3.82. The van der Waals surface area contributed by atoms with Crippen LogP contribution >= 0.6 is 0 Å². The highest BCUT2D eigenvalue weighted by Gasteiger charge is 2.46. The van der Waals surface area contributed by atoms with Crippen LogP contribution in [0.25, 0.3) is 0 Å². The Labute approximate surface area is 202 Å². The van der Waals surface area contributed by atoms with Crippen molar-refractivity contribution >= 4 is 17.5 Å². The second kappa shape index (κ2) is 10.2. The standard InChI is InChI=1S/C26H26N4O5/c31-15-23-25-21(11-19(34-23)12-24(32)29-13-16-5-8-27-9-6-16)20-10-18(3-4-22(20)35-25)30-26(33)17-2-1-7-28-14-17/h1-10,14,19,21,23,25,31H,11-13,15H2,(H,29,32)(H,30,33)/t19-,21+,23+,25-/m1/s1. The number of amides is 2. The minimum Gasteiger partial charge on any atom is -0.487 e. The zero-order valence-electron chi connectivity index (χ0n) is 19.0. The van der Waals surface area contributed by atoms with Crippen molar-refractivity contribution in [3.05, 3.63) is 83.9 Å². The van der Waals surface area contributed by atoms with Gasteiger partial charge in [0.15, 0.2) is 0 Å². The van der Waals surface area contributed by atoms with Crippen molar-refractivity contribution < 1.29 is 24.2 Å². The maximum absolute atomic E-state index is 12.6. The van der Waals surface area contributed by atoms with Crippen LogP contribution in [0.4, 0.5) is 5.69 Å². The maximum atomic E-state index is 12.6. The molecule has 0 unspecified atom stereocenters. The smallest absolute Gasteiger partial charge is 0.257 e. The van der Waals surface area contributed by atoms with E-state index in [0.717, 1.165) is 11.1 Å². The summed E-state index contributed by atoms with van der Waals surface area (Å²) in [6.45, 7) is 0.199. The normalized spacial score (nSPS) is 22.4. The molecule has 2 aliphatic heterocycles. The van der Waals surface area contributed by atoms with Gasteiger partial charge in [0.05, 0.1) is 24.7 Å². The molecule has 9 nitrogen and oxygen atoms in total. The first-order valence-corrected chi connectivity index (χ1v) is 11.5. The Bertz CT molecular complexity index is 1190. The van der Waals surface area contributed by atoms with E-state index in [1.807, 2.05) is 24.3 Å². The number of anilines is 1. The number of hydrogen-bond acceptors (Lipinski definition) is 7. The topological polar surface area (TPSA) is 123 Å². The number of aromatic nitrogens is 2. The zero-order chi connectivity index (χ0) is 24.2. The van der Waals surface area contributed by atoms with E-state index in [1.165, 1.54) is 6.20 Å². The largest absolute Gasteiger partial charge is 0.487 e. The molecule has 4 heterocycles. The Morgan fingerprint density at radius 1 is 1.09 bits per heavy atom. The fraction of sp³-hybridized carbons (Fsp3) is 0.308. The highest BCUT2D eigenvalue weighted by molar-refractivity contribution is 6.04. The van der Waals surface area contributed by atoms with Crippen LogP contribution in [-0.2, 0) is 16.1 Å². The SMILES string of the molecule is O=C(C[C@H]1C[C@H]2c3cc(NC(=O)c4cccnc4)ccc3O[C@H]2[C@H](CO)O1)NCc1ccncc1. The molecule has 3 N–H and O–H groups in total. The number of aliphatic hydroxyl groups excluding tert-OH is 1. The molecule has 2 aliphatic rings. The summed E-state index contributed by atoms with van der Waals surface area (Å²) < 4.78 is 12.1. The molecule has 180 valence electrons. The molecule has 1 fully saturated rings. The minimum atomic E-state index is -0.549. The predicted molar refractivity (Wildman–Crippen MR) is 127 cm³/mol. The van der Waals surface area contributed by atoms with E-state index < -0.39 is 6.10 Å². The molecule has 0 saturated carbocycles. The Morgan fingerprint density at radius 2 is 1.94 bits per heavy atom. The third-order valence-corrected chi connectivity index (χ3v) is 6.33. The number of ether oxygens (including phenoxy) is 2. The summed E-state index contributed by atoms with van der Waals surface area (Å²) in [6.07, 6.45) is 5.97. The summed E-state index contributed by atoms with van der Waals surface area (Å²) >= 11 is 0. The molecule has 5 rings (SSSR count). The highest BCUT2D eigenvalue weighted by atomic mass is 16.6. The summed E-state index contributed by atoms with van der Waals surface area (Å²) in [7, 11) is 0. The number of carbonyl (C=O) groups excluding carboxylic acids is 2. The number of nitrogens with zero attached hydrogens (tertiary/aromatic N) is 2. The van der Waals surface area contributed by atoms with Crippen molar-refractivity contribution in [2.24, 2.45) is 0 Å². The summed E-state index contributed by atoms with van der Waals surface area (Å²) in [6, 6.07) is 12.6. The van der Waals surface area contributed by atoms with E-state index in [9.17, 15) is 14.7 Å². The molecule has 0 spiro atoms. The zero-order valence-corrected chi connectivity index (χ0v) is 19.0. The van der Waals surface area contributed by atoms with Crippen LogP contribution in [0.3, 0.4) is 0 Å². The average molecular weight is 475 g/mol. The van der Waals surface area contributed by atoms with E-state index in [0.29, 0.717) is 30.0 Å². The van der Waals surface area contributed by atoms with E-state index in [2.05, 4.69) is 20.6 Å². The van der Waals surface area contributed by atoms with Gasteiger partial charge in [0.25, 0.3) is 5.91 Å². The number of hydrogen-bond donors (Lipinski definition) is 3. The summed E-state index contributed by atoms with van der Waals surface area (Å²) in [5.74, 6) is 0.254.